The van der Waals surface area contributed by atoms with Crippen molar-refractivity contribution in [1.29, 1.82) is 0 Å². The van der Waals surface area contributed by atoms with Crippen LogP contribution in [0.1, 0.15) is 23.4 Å². The maximum Gasteiger partial charge on any atom is 0.211 e. The van der Waals surface area contributed by atoms with Gasteiger partial charge in [-0.1, -0.05) is 18.2 Å². The number of likely N-dealkylation sites (tertiary alicyclic amines) is 1. The van der Waals surface area contributed by atoms with Crippen molar-refractivity contribution < 1.29 is 14.3 Å². The average molecular weight is 273 g/mol. The SMILES string of the molecule is O=C(CN1CCC(CO)CC1)c1cc2ccccc2o1. The highest BCUT2D eigenvalue weighted by molar-refractivity contribution is 5.98. The largest absolute Gasteiger partial charge is 0.453 e. The van der Waals surface area contributed by atoms with E-state index in [2.05, 4.69) is 4.90 Å². The van der Waals surface area contributed by atoms with Gasteiger partial charge >= 0.3 is 0 Å². The molecule has 4 heteroatoms. The van der Waals surface area contributed by atoms with Crippen LogP contribution in [0.3, 0.4) is 0 Å². The fraction of sp³-hybridized carbons (Fsp3) is 0.438. The molecule has 2 heterocycles. The summed E-state index contributed by atoms with van der Waals surface area (Å²) in [7, 11) is 0. The molecule has 3 rings (SSSR count). The average Bonchev–Trinajstić information content (AvgIpc) is 2.92. The van der Waals surface area contributed by atoms with Crippen molar-refractivity contribution in [2.45, 2.75) is 12.8 Å². The number of piperidine rings is 1. The molecule has 1 N–H and O–H groups in total. The van der Waals surface area contributed by atoms with E-state index in [4.69, 9.17) is 9.52 Å². The van der Waals surface area contributed by atoms with Gasteiger partial charge in [0.2, 0.25) is 5.78 Å². The molecule has 1 aromatic carbocycles. The van der Waals surface area contributed by atoms with Crippen molar-refractivity contribution in [3.8, 4) is 0 Å². The maximum atomic E-state index is 12.2. The zero-order valence-corrected chi connectivity index (χ0v) is 11.4. The molecular formula is C16H19NO3. The Hall–Kier alpha value is -1.65. The smallest absolute Gasteiger partial charge is 0.211 e. The van der Waals surface area contributed by atoms with Crippen LogP contribution in [-0.2, 0) is 0 Å². The minimum absolute atomic E-state index is 0.0312. The van der Waals surface area contributed by atoms with Gasteiger partial charge in [0.1, 0.15) is 5.58 Å². The fourth-order valence-electron chi connectivity index (χ4n) is 2.73. The minimum Gasteiger partial charge on any atom is -0.453 e. The Morgan fingerprint density at radius 2 is 2.05 bits per heavy atom. The van der Waals surface area contributed by atoms with Gasteiger partial charge in [-0.25, -0.2) is 0 Å². The van der Waals surface area contributed by atoms with E-state index in [0.717, 1.165) is 36.9 Å². The summed E-state index contributed by atoms with van der Waals surface area (Å²) in [6.45, 7) is 2.40. The third kappa shape index (κ3) is 2.76. The van der Waals surface area contributed by atoms with E-state index in [1.165, 1.54) is 0 Å². The summed E-state index contributed by atoms with van der Waals surface area (Å²) in [5.74, 6) is 0.867. The van der Waals surface area contributed by atoms with Crippen LogP contribution >= 0.6 is 0 Å². The summed E-state index contributed by atoms with van der Waals surface area (Å²) in [6, 6.07) is 9.48. The Labute approximate surface area is 118 Å². The third-order valence-corrected chi connectivity index (χ3v) is 4.03. The van der Waals surface area contributed by atoms with Gasteiger partial charge in [0.25, 0.3) is 0 Å². The quantitative estimate of drug-likeness (QED) is 0.869. The van der Waals surface area contributed by atoms with Gasteiger partial charge in [0.05, 0.1) is 6.54 Å². The molecule has 1 aromatic heterocycles. The lowest BCUT2D eigenvalue weighted by Gasteiger charge is -2.30. The predicted octanol–water partition coefficient (Wildman–Crippen LogP) is 2.32. The second-order valence-electron chi connectivity index (χ2n) is 5.47. The molecule has 0 atom stereocenters. The summed E-state index contributed by atoms with van der Waals surface area (Å²) >= 11 is 0. The van der Waals surface area contributed by atoms with Gasteiger partial charge in [-0.15, -0.1) is 0 Å². The molecule has 0 radical (unpaired) electrons. The monoisotopic (exact) mass is 273 g/mol. The lowest BCUT2D eigenvalue weighted by molar-refractivity contribution is 0.0840. The van der Waals surface area contributed by atoms with Crippen LogP contribution in [0, 0.1) is 5.92 Å². The topological polar surface area (TPSA) is 53.7 Å². The van der Waals surface area contributed by atoms with E-state index in [9.17, 15) is 4.79 Å². The number of Topliss-reactive ketones (excluding diaryl/α,β-unsaturated/α-hetero) is 1. The van der Waals surface area contributed by atoms with Gasteiger partial charge in [-0.05, 0) is 44.0 Å². The molecule has 4 nitrogen and oxygen atoms in total. The Morgan fingerprint density at radius 3 is 2.75 bits per heavy atom. The van der Waals surface area contributed by atoms with Gasteiger partial charge in [0, 0.05) is 12.0 Å². The van der Waals surface area contributed by atoms with Crippen molar-refractivity contribution in [2.75, 3.05) is 26.2 Å². The summed E-state index contributed by atoms with van der Waals surface area (Å²) in [6.07, 6.45) is 1.92. The molecule has 0 bridgehead atoms. The molecule has 1 fully saturated rings. The Bertz CT molecular complexity index is 564. The molecular weight excluding hydrogens is 254 g/mol. The Kier molecular flexibility index (Phi) is 3.85. The van der Waals surface area contributed by atoms with Gasteiger partial charge < -0.3 is 9.52 Å². The summed E-state index contributed by atoms with van der Waals surface area (Å²) in [5, 5.41) is 10.1. The van der Waals surface area contributed by atoms with Crippen molar-refractivity contribution in [3.05, 3.63) is 36.1 Å². The number of rotatable bonds is 4. The number of hydrogen-bond acceptors (Lipinski definition) is 4. The van der Waals surface area contributed by atoms with E-state index in [1.54, 1.807) is 0 Å². The van der Waals surface area contributed by atoms with Crippen LogP contribution in [0.25, 0.3) is 11.0 Å². The van der Waals surface area contributed by atoms with E-state index in [-0.39, 0.29) is 12.4 Å². The predicted molar refractivity (Wildman–Crippen MR) is 76.8 cm³/mol. The van der Waals surface area contributed by atoms with E-state index in [0.29, 0.717) is 18.2 Å². The first-order valence-electron chi connectivity index (χ1n) is 7.11. The number of ketones is 1. The maximum absolute atomic E-state index is 12.2. The highest BCUT2D eigenvalue weighted by atomic mass is 16.3. The van der Waals surface area contributed by atoms with Crippen LogP contribution in [0.15, 0.2) is 34.7 Å². The molecule has 0 saturated carbocycles. The van der Waals surface area contributed by atoms with Crippen molar-refractivity contribution >= 4 is 16.8 Å². The Morgan fingerprint density at radius 1 is 1.30 bits per heavy atom. The fourth-order valence-corrected chi connectivity index (χ4v) is 2.73. The second kappa shape index (κ2) is 5.77. The van der Waals surface area contributed by atoms with Crippen LogP contribution in [0.5, 0.6) is 0 Å². The molecule has 20 heavy (non-hydrogen) atoms. The standard InChI is InChI=1S/C16H19NO3/c18-11-12-5-7-17(8-6-12)10-14(19)16-9-13-3-1-2-4-15(13)20-16/h1-4,9,12,18H,5-8,10-11H2. The van der Waals surface area contributed by atoms with E-state index in [1.807, 2.05) is 30.3 Å². The summed E-state index contributed by atoms with van der Waals surface area (Å²) in [5.41, 5.74) is 0.759. The van der Waals surface area contributed by atoms with E-state index < -0.39 is 0 Å². The zero-order chi connectivity index (χ0) is 13.9. The van der Waals surface area contributed by atoms with Crippen LogP contribution < -0.4 is 0 Å². The molecule has 1 aliphatic heterocycles. The number of hydrogen-bond donors (Lipinski definition) is 1. The zero-order valence-electron chi connectivity index (χ0n) is 11.4. The van der Waals surface area contributed by atoms with Crippen LogP contribution in [-0.4, -0.2) is 42.0 Å². The number of carbonyl (C=O) groups is 1. The molecule has 1 aliphatic rings. The molecule has 0 unspecified atom stereocenters. The third-order valence-electron chi connectivity index (χ3n) is 4.03. The molecule has 2 aromatic rings. The second-order valence-corrected chi connectivity index (χ2v) is 5.47. The highest BCUT2D eigenvalue weighted by Gasteiger charge is 2.22. The number of aliphatic hydroxyl groups excluding tert-OH is 1. The minimum atomic E-state index is 0.0312. The van der Waals surface area contributed by atoms with Crippen molar-refractivity contribution in [3.63, 3.8) is 0 Å². The molecule has 106 valence electrons. The summed E-state index contributed by atoms with van der Waals surface area (Å²) in [4.78, 5) is 14.4. The number of aliphatic hydroxyl groups is 1. The van der Waals surface area contributed by atoms with Crippen molar-refractivity contribution in [1.82, 2.24) is 4.90 Å². The van der Waals surface area contributed by atoms with Crippen LogP contribution in [0.4, 0.5) is 0 Å². The number of nitrogens with zero attached hydrogens (tertiary/aromatic N) is 1. The van der Waals surface area contributed by atoms with Gasteiger partial charge in [-0.3, -0.25) is 9.69 Å². The summed E-state index contributed by atoms with van der Waals surface area (Å²) < 4.78 is 5.60. The lowest BCUT2D eigenvalue weighted by Crippen LogP contribution is -2.38. The number of furan rings is 1. The van der Waals surface area contributed by atoms with Gasteiger partial charge in [0.15, 0.2) is 5.76 Å². The number of benzene rings is 1. The number of fused-ring (bicyclic) bond motifs is 1. The Balaban J connectivity index is 1.64. The lowest BCUT2D eigenvalue weighted by atomic mass is 9.98. The molecule has 1 saturated heterocycles. The van der Waals surface area contributed by atoms with Crippen LogP contribution in [0.2, 0.25) is 0 Å². The molecule has 0 amide bonds. The van der Waals surface area contributed by atoms with Gasteiger partial charge in [-0.2, -0.15) is 0 Å². The highest BCUT2D eigenvalue weighted by Crippen LogP contribution is 2.21. The number of para-hydroxylation sites is 1. The first kappa shape index (κ1) is 13.3. The normalized spacial score (nSPS) is 17.6. The van der Waals surface area contributed by atoms with Crippen molar-refractivity contribution in [2.24, 2.45) is 5.92 Å². The molecule has 0 spiro atoms. The number of carbonyl (C=O) groups excluding carboxylic acids is 1. The first-order chi connectivity index (χ1) is 9.76. The first-order valence-corrected chi connectivity index (χ1v) is 7.11. The van der Waals surface area contributed by atoms with E-state index >= 15 is 0 Å². The molecule has 0 aliphatic carbocycles.